The summed E-state index contributed by atoms with van der Waals surface area (Å²) in [6, 6.07) is 8.84. The maximum absolute atomic E-state index is 12.2. The van der Waals surface area contributed by atoms with Gasteiger partial charge >= 0.3 is 0 Å². The largest absolute Gasteiger partial charge is 0.348 e. The predicted octanol–water partition coefficient (Wildman–Crippen LogP) is 0.848. The molecule has 3 rings (SSSR count). The van der Waals surface area contributed by atoms with E-state index in [9.17, 15) is 13.2 Å². The van der Waals surface area contributed by atoms with Crippen molar-refractivity contribution in [2.45, 2.75) is 19.0 Å². The minimum absolute atomic E-state index is 0.0335. The van der Waals surface area contributed by atoms with Gasteiger partial charge in [-0.15, -0.1) is 0 Å². The number of sulfone groups is 1. The summed E-state index contributed by atoms with van der Waals surface area (Å²) in [5, 5.41) is 6.93. The minimum atomic E-state index is -2.99. The lowest BCUT2D eigenvalue weighted by molar-refractivity contribution is 0.0941. The topological polar surface area (TPSA) is 81.1 Å². The highest BCUT2D eigenvalue weighted by Crippen LogP contribution is 2.13. The average Bonchev–Trinajstić information content (AvgIpc) is 3.09. The third-order valence-corrected chi connectivity index (χ3v) is 5.43. The first kappa shape index (κ1) is 14.8. The second kappa shape index (κ2) is 5.92. The fourth-order valence-electron chi connectivity index (χ4n) is 2.57. The van der Waals surface area contributed by atoms with Crippen molar-refractivity contribution in [2.75, 3.05) is 11.5 Å². The SMILES string of the molecule is O=C(N[C@H]1CCS(=O)(=O)C1)c1cccc(Cn2cccn2)c1. The van der Waals surface area contributed by atoms with Crippen LogP contribution >= 0.6 is 0 Å². The smallest absolute Gasteiger partial charge is 0.251 e. The van der Waals surface area contributed by atoms with Crippen molar-refractivity contribution in [2.24, 2.45) is 0 Å². The first-order valence-electron chi connectivity index (χ1n) is 7.09. The molecule has 1 saturated heterocycles. The van der Waals surface area contributed by atoms with E-state index in [-0.39, 0.29) is 23.5 Å². The Hall–Kier alpha value is -2.15. The maximum Gasteiger partial charge on any atom is 0.251 e. The van der Waals surface area contributed by atoms with Gasteiger partial charge in [0.2, 0.25) is 0 Å². The molecule has 1 aromatic carbocycles. The van der Waals surface area contributed by atoms with Crippen LogP contribution in [-0.4, -0.2) is 41.7 Å². The summed E-state index contributed by atoms with van der Waals surface area (Å²) >= 11 is 0. The molecule has 0 spiro atoms. The van der Waals surface area contributed by atoms with Crippen LogP contribution in [0.3, 0.4) is 0 Å². The number of nitrogens with zero attached hydrogens (tertiary/aromatic N) is 2. The van der Waals surface area contributed by atoms with Crippen LogP contribution in [0.4, 0.5) is 0 Å². The minimum Gasteiger partial charge on any atom is -0.348 e. The molecular formula is C15H17N3O3S. The zero-order chi connectivity index (χ0) is 15.6. The summed E-state index contributed by atoms with van der Waals surface area (Å²) in [6.07, 6.45) is 4.05. The Balaban J connectivity index is 1.68. The normalized spacial score (nSPS) is 19.9. The van der Waals surface area contributed by atoms with Gasteiger partial charge in [0, 0.05) is 24.0 Å². The van der Waals surface area contributed by atoms with Crippen molar-refractivity contribution < 1.29 is 13.2 Å². The van der Waals surface area contributed by atoms with Crippen molar-refractivity contribution in [3.63, 3.8) is 0 Å². The van der Waals surface area contributed by atoms with Gasteiger partial charge in [0.05, 0.1) is 18.1 Å². The number of amides is 1. The van der Waals surface area contributed by atoms with Crippen molar-refractivity contribution in [1.29, 1.82) is 0 Å². The Morgan fingerprint density at radius 3 is 2.91 bits per heavy atom. The van der Waals surface area contributed by atoms with Crippen LogP contribution in [0.5, 0.6) is 0 Å². The quantitative estimate of drug-likeness (QED) is 0.906. The Morgan fingerprint density at radius 2 is 2.23 bits per heavy atom. The lowest BCUT2D eigenvalue weighted by atomic mass is 10.1. The molecule has 2 heterocycles. The molecule has 1 N–H and O–H groups in total. The van der Waals surface area contributed by atoms with Crippen LogP contribution in [0.15, 0.2) is 42.7 Å². The average molecular weight is 319 g/mol. The third kappa shape index (κ3) is 3.54. The van der Waals surface area contributed by atoms with Gasteiger partial charge in [-0.3, -0.25) is 9.48 Å². The fraction of sp³-hybridized carbons (Fsp3) is 0.333. The van der Waals surface area contributed by atoms with E-state index in [4.69, 9.17) is 0 Å². The van der Waals surface area contributed by atoms with E-state index in [0.717, 1.165) is 5.56 Å². The Morgan fingerprint density at radius 1 is 1.36 bits per heavy atom. The van der Waals surface area contributed by atoms with Gasteiger partial charge < -0.3 is 5.32 Å². The van der Waals surface area contributed by atoms with E-state index >= 15 is 0 Å². The molecule has 1 aliphatic heterocycles. The first-order chi connectivity index (χ1) is 10.5. The van der Waals surface area contributed by atoms with Gasteiger partial charge in [0.25, 0.3) is 5.91 Å². The van der Waals surface area contributed by atoms with E-state index < -0.39 is 9.84 Å². The third-order valence-electron chi connectivity index (χ3n) is 3.66. The lowest BCUT2D eigenvalue weighted by Crippen LogP contribution is -2.35. The van der Waals surface area contributed by atoms with Crippen LogP contribution in [0.1, 0.15) is 22.3 Å². The Kier molecular flexibility index (Phi) is 3.98. The lowest BCUT2D eigenvalue weighted by Gasteiger charge is -2.11. The second-order valence-electron chi connectivity index (χ2n) is 5.48. The van der Waals surface area contributed by atoms with Gasteiger partial charge in [0.1, 0.15) is 0 Å². The molecule has 1 aromatic heterocycles. The van der Waals surface area contributed by atoms with Crippen molar-refractivity contribution in [3.8, 4) is 0 Å². The second-order valence-corrected chi connectivity index (χ2v) is 7.71. The standard InChI is InChI=1S/C15H17N3O3S/c19-15(17-14-5-8-22(20,21)11-14)13-4-1-3-12(9-13)10-18-7-2-6-16-18/h1-4,6-7,9,14H,5,8,10-11H2,(H,17,19)/t14-/m0/s1. The monoisotopic (exact) mass is 319 g/mol. The number of benzene rings is 1. The molecule has 0 saturated carbocycles. The molecule has 7 heteroatoms. The van der Waals surface area contributed by atoms with Crippen LogP contribution < -0.4 is 5.32 Å². The number of nitrogens with one attached hydrogen (secondary N) is 1. The molecule has 6 nitrogen and oxygen atoms in total. The number of carbonyl (C=O) groups excluding carboxylic acids is 1. The molecule has 2 aromatic rings. The maximum atomic E-state index is 12.2. The summed E-state index contributed by atoms with van der Waals surface area (Å²) in [4.78, 5) is 12.2. The number of carbonyl (C=O) groups is 1. The molecule has 1 atom stereocenters. The Bertz CT molecular complexity index is 769. The Labute approximate surface area is 129 Å². The number of aromatic nitrogens is 2. The van der Waals surface area contributed by atoms with Crippen molar-refractivity contribution >= 4 is 15.7 Å². The predicted molar refractivity (Wildman–Crippen MR) is 82.3 cm³/mol. The van der Waals surface area contributed by atoms with Crippen LogP contribution in [-0.2, 0) is 16.4 Å². The van der Waals surface area contributed by atoms with Crippen molar-refractivity contribution in [1.82, 2.24) is 15.1 Å². The molecule has 0 unspecified atom stereocenters. The molecule has 0 bridgehead atoms. The summed E-state index contributed by atoms with van der Waals surface area (Å²) in [5.41, 5.74) is 1.50. The molecule has 0 aliphatic carbocycles. The number of hydrogen-bond acceptors (Lipinski definition) is 4. The molecule has 116 valence electrons. The van der Waals surface area contributed by atoms with Gasteiger partial charge in [-0.2, -0.15) is 5.10 Å². The molecular weight excluding hydrogens is 302 g/mol. The van der Waals surface area contributed by atoms with Gasteiger partial charge in [0.15, 0.2) is 9.84 Å². The van der Waals surface area contributed by atoms with Gasteiger partial charge in [-0.1, -0.05) is 12.1 Å². The number of rotatable bonds is 4. The van der Waals surface area contributed by atoms with E-state index in [1.807, 2.05) is 24.4 Å². The van der Waals surface area contributed by atoms with E-state index in [2.05, 4.69) is 10.4 Å². The molecule has 1 aliphatic rings. The summed E-state index contributed by atoms with van der Waals surface area (Å²) in [6.45, 7) is 0.589. The van der Waals surface area contributed by atoms with Gasteiger partial charge in [-0.25, -0.2) is 8.42 Å². The molecule has 0 radical (unpaired) electrons. The highest BCUT2D eigenvalue weighted by molar-refractivity contribution is 7.91. The molecule has 1 amide bonds. The fourth-order valence-corrected chi connectivity index (χ4v) is 4.24. The van der Waals surface area contributed by atoms with E-state index in [1.54, 1.807) is 23.0 Å². The summed E-state index contributed by atoms with van der Waals surface area (Å²) in [5.74, 6) is -0.0485. The van der Waals surface area contributed by atoms with Crippen LogP contribution in [0.25, 0.3) is 0 Å². The zero-order valence-corrected chi connectivity index (χ0v) is 12.8. The first-order valence-corrected chi connectivity index (χ1v) is 8.92. The molecule has 1 fully saturated rings. The van der Waals surface area contributed by atoms with Crippen LogP contribution in [0.2, 0.25) is 0 Å². The highest BCUT2D eigenvalue weighted by atomic mass is 32.2. The summed E-state index contributed by atoms with van der Waals surface area (Å²) < 4.78 is 24.6. The molecule has 22 heavy (non-hydrogen) atoms. The van der Waals surface area contributed by atoms with Crippen LogP contribution in [0, 0.1) is 0 Å². The number of hydrogen-bond donors (Lipinski definition) is 1. The van der Waals surface area contributed by atoms with Crippen molar-refractivity contribution in [3.05, 3.63) is 53.9 Å². The highest BCUT2D eigenvalue weighted by Gasteiger charge is 2.29. The van der Waals surface area contributed by atoms with Gasteiger partial charge in [-0.05, 0) is 30.2 Å². The zero-order valence-electron chi connectivity index (χ0n) is 12.0. The van der Waals surface area contributed by atoms with E-state index in [1.165, 1.54) is 0 Å². The van der Waals surface area contributed by atoms with E-state index in [0.29, 0.717) is 18.5 Å². The summed E-state index contributed by atoms with van der Waals surface area (Å²) in [7, 11) is -2.99.